The van der Waals surface area contributed by atoms with Gasteiger partial charge in [0, 0.05) is 50.3 Å². The van der Waals surface area contributed by atoms with Gasteiger partial charge in [-0.25, -0.2) is 4.98 Å². The van der Waals surface area contributed by atoms with E-state index in [-0.39, 0.29) is 5.91 Å². The smallest absolute Gasteiger partial charge is 0.270 e. The lowest BCUT2D eigenvalue weighted by Gasteiger charge is -2.37. The highest BCUT2D eigenvalue weighted by atomic mass is 16.1. The molecule has 6 heteroatoms. The number of carbonyl (C=O) groups excluding carboxylic acids is 1. The van der Waals surface area contributed by atoms with E-state index in [0.717, 1.165) is 49.5 Å². The second-order valence-electron chi connectivity index (χ2n) is 8.35. The summed E-state index contributed by atoms with van der Waals surface area (Å²) >= 11 is 0. The van der Waals surface area contributed by atoms with E-state index >= 15 is 0 Å². The van der Waals surface area contributed by atoms with Crippen molar-refractivity contribution >= 4 is 22.9 Å². The molecule has 1 N–H and O–H groups in total. The molecule has 0 unspecified atom stereocenters. The summed E-state index contributed by atoms with van der Waals surface area (Å²) in [7, 11) is 0. The van der Waals surface area contributed by atoms with Crippen LogP contribution in [0.3, 0.4) is 0 Å². The minimum absolute atomic E-state index is 0.0911. The average Bonchev–Trinajstić information content (AvgIpc) is 3.27. The van der Waals surface area contributed by atoms with E-state index in [1.807, 2.05) is 35.7 Å². The van der Waals surface area contributed by atoms with Gasteiger partial charge in [-0.15, -0.1) is 0 Å². The second-order valence-corrected chi connectivity index (χ2v) is 8.35. The Bertz CT molecular complexity index is 1220. The van der Waals surface area contributed by atoms with Crippen molar-refractivity contribution in [3.8, 4) is 0 Å². The van der Waals surface area contributed by atoms with Crippen LogP contribution >= 0.6 is 0 Å². The molecule has 0 saturated carbocycles. The SMILES string of the molecule is CCc1nc2ccccn2c1C(=O)NCc1ccc(N2CCN(c3ccccc3)CC2)cc1. The lowest BCUT2D eigenvalue weighted by Crippen LogP contribution is -2.46. The first-order valence-corrected chi connectivity index (χ1v) is 11.6. The third-order valence-electron chi connectivity index (χ3n) is 6.31. The number of aromatic nitrogens is 2. The van der Waals surface area contributed by atoms with E-state index < -0.39 is 0 Å². The number of imidazole rings is 1. The number of nitrogens with one attached hydrogen (secondary N) is 1. The number of pyridine rings is 1. The van der Waals surface area contributed by atoms with E-state index in [1.165, 1.54) is 11.4 Å². The van der Waals surface area contributed by atoms with Crippen LogP contribution in [0, 0.1) is 0 Å². The molecule has 1 aliphatic rings. The Balaban J connectivity index is 1.19. The molecule has 2 aromatic heterocycles. The zero-order valence-corrected chi connectivity index (χ0v) is 18.9. The molecule has 1 fully saturated rings. The van der Waals surface area contributed by atoms with Crippen LogP contribution in [0.5, 0.6) is 0 Å². The van der Waals surface area contributed by atoms with Gasteiger partial charge in [0.25, 0.3) is 5.91 Å². The van der Waals surface area contributed by atoms with E-state index in [0.29, 0.717) is 12.2 Å². The van der Waals surface area contributed by atoms with Gasteiger partial charge in [-0.3, -0.25) is 9.20 Å². The van der Waals surface area contributed by atoms with Crippen molar-refractivity contribution in [1.82, 2.24) is 14.7 Å². The Morgan fingerprint density at radius 2 is 1.48 bits per heavy atom. The number of carbonyl (C=O) groups is 1. The van der Waals surface area contributed by atoms with Gasteiger partial charge in [-0.05, 0) is 48.4 Å². The standard InChI is InChI=1S/C27H29N5O/c1-2-24-26(32-15-7-6-10-25(32)29-24)27(33)28-20-21-11-13-23(14-12-21)31-18-16-30(17-19-31)22-8-4-3-5-9-22/h3-15H,2,16-20H2,1H3,(H,28,33). The van der Waals surface area contributed by atoms with Gasteiger partial charge in [0.05, 0.1) is 5.69 Å². The van der Waals surface area contributed by atoms with Crippen LogP contribution in [0.4, 0.5) is 11.4 Å². The zero-order chi connectivity index (χ0) is 22.6. The predicted molar refractivity (Wildman–Crippen MR) is 133 cm³/mol. The molecule has 0 atom stereocenters. The highest BCUT2D eigenvalue weighted by molar-refractivity contribution is 5.94. The quantitative estimate of drug-likeness (QED) is 0.490. The fraction of sp³-hybridized carbons (Fsp3) is 0.259. The molecular formula is C27H29N5O. The molecule has 168 valence electrons. The Morgan fingerprint density at radius 1 is 0.848 bits per heavy atom. The molecule has 0 aliphatic carbocycles. The Morgan fingerprint density at radius 3 is 2.15 bits per heavy atom. The van der Waals surface area contributed by atoms with Crippen LogP contribution in [-0.2, 0) is 13.0 Å². The van der Waals surface area contributed by atoms with Crippen molar-refractivity contribution in [3.05, 3.63) is 95.9 Å². The van der Waals surface area contributed by atoms with Crippen LogP contribution in [-0.4, -0.2) is 41.5 Å². The fourth-order valence-corrected chi connectivity index (χ4v) is 4.48. The lowest BCUT2D eigenvalue weighted by molar-refractivity contribution is 0.0944. The molecule has 1 amide bonds. The minimum atomic E-state index is -0.0911. The number of rotatable bonds is 6. The summed E-state index contributed by atoms with van der Waals surface area (Å²) < 4.78 is 1.87. The molecule has 0 bridgehead atoms. The molecule has 1 aliphatic heterocycles. The summed E-state index contributed by atoms with van der Waals surface area (Å²) in [4.78, 5) is 22.4. The van der Waals surface area contributed by atoms with Crippen molar-refractivity contribution in [2.75, 3.05) is 36.0 Å². The number of hydrogen-bond acceptors (Lipinski definition) is 4. The normalized spacial score (nSPS) is 14.0. The largest absolute Gasteiger partial charge is 0.368 e. The maximum Gasteiger partial charge on any atom is 0.270 e. The summed E-state index contributed by atoms with van der Waals surface area (Å²) in [6.45, 7) is 6.54. The van der Waals surface area contributed by atoms with E-state index in [4.69, 9.17) is 0 Å². The number of aryl methyl sites for hydroxylation is 1. The van der Waals surface area contributed by atoms with Crippen LogP contribution in [0.2, 0.25) is 0 Å². The molecule has 4 aromatic rings. The maximum atomic E-state index is 12.9. The third kappa shape index (κ3) is 4.42. The number of amides is 1. The number of piperazine rings is 1. The van der Waals surface area contributed by atoms with Gasteiger partial charge in [-0.1, -0.05) is 43.3 Å². The number of para-hydroxylation sites is 1. The Hall–Kier alpha value is -3.80. The molecular weight excluding hydrogens is 410 g/mol. The molecule has 6 nitrogen and oxygen atoms in total. The first kappa shape index (κ1) is 21.1. The molecule has 5 rings (SSSR count). The number of nitrogens with zero attached hydrogens (tertiary/aromatic N) is 4. The van der Waals surface area contributed by atoms with Crippen molar-refractivity contribution in [3.63, 3.8) is 0 Å². The van der Waals surface area contributed by atoms with Gasteiger partial charge in [0.15, 0.2) is 0 Å². The topological polar surface area (TPSA) is 52.9 Å². The van der Waals surface area contributed by atoms with Crippen LogP contribution in [0.15, 0.2) is 79.0 Å². The van der Waals surface area contributed by atoms with Crippen LogP contribution in [0.1, 0.15) is 28.7 Å². The lowest BCUT2D eigenvalue weighted by atomic mass is 10.1. The summed E-state index contributed by atoms with van der Waals surface area (Å²) in [5.74, 6) is -0.0911. The maximum absolute atomic E-state index is 12.9. The van der Waals surface area contributed by atoms with E-state index in [2.05, 4.69) is 74.7 Å². The highest BCUT2D eigenvalue weighted by Crippen LogP contribution is 2.21. The van der Waals surface area contributed by atoms with Crippen molar-refractivity contribution in [1.29, 1.82) is 0 Å². The molecule has 0 radical (unpaired) electrons. The first-order valence-electron chi connectivity index (χ1n) is 11.6. The zero-order valence-electron chi connectivity index (χ0n) is 18.9. The average molecular weight is 440 g/mol. The van der Waals surface area contributed by atoms with Gasteiger partial charge in [0.2, 0.25) is 0 Å². The van der Waals surface area contributed by atoms with Gasteiger partial charge in [0.1, 0.15) is 11.3 Å². The number of hydrogen-bond donors (Lipinski definition) is 1. The first-order chi connectivity index (χ1) is 16.2. The third-order valence-corrected chi connectivity index (χ3v) is 6.31. The van der Waals surface area contributed by atoms with Crippen LogP contribution < -0.4 is 15.1 Å². The highest BCUT2D eigenvalue weighted by Gasteiger charge is 2.19. The summed E-state index contributed by atoms with van der Waals surface area (Å²) in [6, 6.07) is 24.9. The summed E-state index contributed by atoms with van der Waals surface area (Å²) in [6.07, 6.45) is 2.61. The fourth-order valence-electron chi connectivity index (χ4n) is 4.48. The number of fused-ring (bicyclic) bond motifs is 1. The molecule has 2 aromatic carbocycles. The van der Waals surface area contributed by atoms with Crippen molar-refractivity contribution < 1.29 is 4.79 Å². The summed E-state index contributed by atoms with van der Waals surface area (Å²) in [5, 5.41) is 3.07. The molecule has 33 heavy (non-hydrogen) atoms. The minimum Gasteiger partial charge on any atom is -0.368 e. The molecule has 3 heterocycles. The molecule has 1 saturated heterocycles. The van der Waals surface area contributed by atoms with Crippen molar-refractivity contribution in [2.24, 2.45) is 0 Å². The number of benzene rings is 2. The number of anilines is 2. The van der Waals surface area contributed by atoms with Crippen LogP contribution in [0.25, 0.3) is 5.65 Å². The van der Waals surface area contributed by atoms with Gasteiger partial charge in [-0.2, -0.15) is 0 Å². The van der Waals surface area contributed by atoms with E-state index in [9.17, 15) is 4.79 Å². The Kier molecular flexibility index (Phi) is 5.98. The summed E-state index contributed by atoms with van der Waals surface area (Å²) in [5.41, 5.74) is 5.86. The van der Waals surface area contributed by atoms with Gasteiger partial charge < -0.3 is 15.1 Å². The second kappa shape index (κ2) is 9.36. The predicted octanol–water partition coefficient (Wildman–Crippen LogP) is 4.15. The van der Waals surface area contributed by atoms with Crippen molar-refractivity contribution in [2.45, 2.75) is 19.9 Å². The molecule has 0 spiro atoms. The van der Waals surface area contributed by atoms with Gasteiger partial charge >= 0.3 is 0 Å². The Labute approximate surface area is 194 Å². The monoisotopic (exact) mass is 439 g/mol. The van der Waals surface area contributed by atoms with E-state index in [1.54, 1.807) is 0 Å².